The topological polar surface area (TPSA) is 89.0 Å². The molecule has 0 unspecified atom stereocenters. The van der Waals surface area contributed by atoms with Gasteiger partial charge < -0.3 is 14.8 Å². The van der Waals surface area contributed by atoms with E-state index in [1.54, 1.807) is 49.6 Å². The molecular formula is C25H23Cl2N3O4. The molecule has 0 aromatic heterocycles. The molecule has 2 amide bonds. The zero-order valence-corrected chi connectivity index (χ0v) is 19.9. The zero-order chi connectivity index (χ0) is 24.3. The van der Waals surface area contributed by atoms with Crippen molar-refractivity contribution in [2.24, 2.45) is 5.10 Å². The quantitative estimate of drug-likeness (QED) is 0.308. The van der Waals surface area contributed by atoms with Gasteiger partial charge in [0, 0.05) is 24.1 Å². The summed E-state index contributed by atoms with van der Waals surface area (Å²) in [5.41, 5.74) is 4.49. The molecule has 0 saturated carbocycles. The molecule has 0 fully saturated rings. The first-order valence-corrected chi connectivity index (χ1v) is 11.1. The van der Waals surface area contributed by atoms with Crippen molar-refractivity contribution in [2.45, 2.75) is 13.0 Å². The highest BCUT2D eigenvalue weighted by Crippen LogP contribution is 2.24. The van der Waals surface area contributed by atoms with Gasteiger partial charge in [0.05, 0.1) is 23.4 Å². The Labute approximate surface area is 207 Å². The van der Waals surface area contributed by atoms with Crippen LogP contribution in [0.2, 0.25) is 10.0 Å². The molecular weight excluding hydrogens is 477 g/mol. The first-order valence-electron chi connectivity index (χ1n) is 10.4. The van der Waals surface area contributed by atoms with Gasteiger partial charge in [-0.1, -0.05) is 41.4 Å². The number of ether oxygens (including phenoxy) is 2. The summed E-state index contributed by atoms with van der Waals surface area (Å²) in [6.45, 7) is 0.470. The predicted octanol–water partition coefficient (Wildman–Crippen LogP) is 4.85. The summed E-state index contributed by atoms with van der Waals surface area (Å²) in [6, 6.07) is 19.3. The van der Waals surface area contributed by atoms with E-state index in [9.17, 15) is 9.59 Å². The monoisotopic (exact) mass is 499 g/mol. The highest BCUT2D eigenvalue weighted by Gasteiger charge is 2.07. The Kier molecular flexibility index (Phi) is 9.31. The first-order chi connectivity index (χ1) is 16.5. The van der Waals surface area contributed by atoms with E-state index < -0.39 is 0 Å². The van der Waals surface area contributed by atoms with Crippen LogP contribution in [-0.2, 0) is 11.4 Å². The minimum Gasteiger partial charge on any atom is -0.497 e. The van der Waals surface area contributed by atoms with Gasteiger partial charge in [0.2, 0.25) is 5.91 Å². The highest BCUT2D eigenvalue weighted by molar-refractivity contribution is 6.42. The Hall–Kier alpha value is -3.55. The van der Waals surface area contributed by atoms with Gasteiger partial charge in [0.1, 0.15) is 18.1 Å². The largest absolute Gasteiger partial charge is 0.497 e. The van der Waals surface area contributed by atoms with E-state index >= 15 is 0 Å². The summed E-state index contributed by atoms with van der Waals surface area (Å²) < 4.78 is 10.9. The molecule has 9 heteroatoms. The van der Waals surface area contributed by atoms with Crippen LogP contribution in [0.4, 0.5) is 0 Å². The number of para-hydroxylation sites is 1. The Morgan fingerprint density at radius 2 is 1.76 bits per heavy atom. The predicted molar refractivity (Wildman–Crippen MR) is 133 cm³/mol. The van der Waals surface area contributed by atoms with Crippen molar-refractivity contribution in [3.05, 3.63) is 93.5 Å². The molecule has 0 atom stereocenters. The van der Waals surface area contributed by atoms with Crippen molar-refractivity contribution in [2.75, 3.05) is 13.7 Å². The molecule has 3 aromatic rings. The average molecular weight is 500 g/mol. The van der Waals surface area contributed by atoms with Crippen LogP contribution in [-0.4, -0.2) is 31.7 Å². The van der Waals surface area contributed by atoms with E-state index in [2.05, 4.69) is 15.8 Å². The van der Waals surface area contributed by atoms with E-state index in [0.29, 0.717) is 39.3 Å². The third-order valence-electron chi connectivity index (χ3n) is 4.68. The SMILES string of the molecule is COc1ccc(C(=O)NCCC(=O)NN=Cc2ccccc2OCc2ccc(Cl)c(Cl)c2)cc1. The van der Waals surface area contributed by atoms with Crippen LogP contribution < -0.4 is 20.2 Å². The highest BCUT2D eigenvalue weighted by atomic mass is 35.5. The van der Waals surface area contributed by atoms with Crippen molar-refractivity contribution in [3.63, 3.8) is 0 Å². The number of benzene rings is 3. The molecule has 0 heterocycles. The Morgan fingerprint density at radius 3 is 2.50 bits per heavy atom. The van der Waals surface area contributed by atoms with E-state index in [0.717, 1.165) is 5.56 Å². The van der Waals surface area contributed by atoms with Gasteiger partial charge in [-0.3, -0.25) is 9.59 Å². The molecule has 3 rings (SSSR count). The minimum atomic E-state index is -0.333. The molecule has 0 aliphatic carbocycles. The van der Waals surface area contributed by atoms with Gasteiger partial charge in [-0.05, 0) is 54.1 Å². The number of nitrogens with one attached hydrogen (secondary N) is 2. The van der Waals surface area contributed by atoms with E-state index in [1.807, 2.05) is 24.3 Å². The van der Waals surface area contributed by atoms with Crippen molar-refractivity contribution in [1.82, 2.24) is 10.7 Å². The van der Waals surface area contributed by atoms with Crippen molar-refractivity contribution >= 4 is 41.2 Å². The van der Waals surface area contributed by atoms with Crippen LogP contribution in [0.25, 0.3) is 0 Å². The smallest absolute Gasteiger partial charge is 0.251 e. The standard InChI is InChI=1S/C25H23Cl2N3O4/c1-33-20-9-7-18(8-10-20)25(32)28-13-12-24(31)30-29-15-19-4-2-3-5-23(19)34-16-17-6-11-21(26)22(27)14-17/h2-11,14-15H,12-13,16H2,1H3,(H,28,32)(H,30,31). The normalized spacial score (nSPS) is 10.7. The van der Waals surface area contributed by atoms with Gasteiger partial charge in [-0.25, -0.2) is 5.43 Å². The van der Waals surface area contributed by atoms with Gasteiger partial charge in [-0.15, -0.1) is 0 Å². The van der Waals surface area contributed by atoms with Crippen molar-refractivity contribution < 1.29 is 19.1 Å². The van der Waals surface area contributed by atoms with Crippen molar-refractivity contribution in [3.8, 4) is 11.5 Å². The Morgan fingerprint density at radius 1 is 1.00 bits per heavy atom. The minimum absolute atomic E-state index is 0.0781. The molecule has 3 aromatic carbocycles. The van der Waals surface area contributed by atoms with Crippen LogP contribution in [0.5, 0.6) is 11.5 Å². The summed E-state index contributed by atoms with van der Waals surface area (Å²) in [4.78, 5) is 24.2. The molecule has 0 radical (unpaired) electrons. The second-order valence-electron chi connectivity index (χ2n) is 7.10. The first kappa shape index (κ1) is 25.1. The number of hydrazone groups is 1. The molecule has 0 bridgehead atoms. The lowest BCUT2D eigenvalue weighted by atomic mass is 10.2. The number of methoxy groups -OCH3 is 1. The molecule has 0 saturated heterocycles. The van der Waals surface area contributed by atoms with Crippen LogP contribution >= 0.6 is 23.2 Å². The summed E-state index contributed by atoms with van der Waals surface area (Å²) in [5.74, 6) is 0.654. The number of carbonyl (C=O) groups is 2. The molecule has 0 aliphatic heterocycles. The molecule has 7 nitrogen and oxygen atoms in total. The molecule has 0 aliphatic rings. The summed E-state index contributed by atoms with van der Waals surface area (Å²) in [6.07, 6.45) is 1.58. The lowest BCUT2D eigenvalue weighted by Gasteiger charge is -2.09. The maximum absolute atomic E-state index is 12.1. The maximum Gasteiger partial charge on any atom is 0.251 e. The number of rotatable bonds is 10. The number of amides is 2. The number of carbonyl (C=O) groups excluding carboxylic acids is 2. The van der Waals surface area contributed by atoms with Gasteiger partial charge in [0.25, 0.3) is 5.91 Å². The summed E-state index contributed by atoms with van der Waals surface area (Å²) in [5, 5.41) is 7.62. The molecule has 0 spiro atoms. The lowest BCUT2D eigenvalue weighted by Crippen LogP contribution is -2.29. The average Bonchev–Trinajstić information content (AvgIpc) is 2.85. The van der Waals surface area contributed by atoms with Crippen molar-refractivity contribution in [1.29, 1.82) is 0 Å². The molecule has 176 valence electrons. The molecule has 34 heavy (non-hydrogen) atoms. The van der Waals surface area contributed by atoms with Gasteiger partial charge in [-0.2, -0.15) is 5.10 Å². The Bertz CT molecular complexity index is 1170. The second kappa shape index (κ2) is 12.6. The van der Waals surface area contributed by atoms with Gasteiger partial charge >= 0.3 is 0 Å². The van der Waals surface area contributed by atoms with Gasteiger partial charge in [0.15, 0.2) is 0 Å². The fourth-order valence-corrected chi connectivity index (χ4v) is 3.19. The number of halogens is 2. The fraction of sp³-hybridized carbons (Fsp3) is 0.160. The second-order valence-corrected chi connectivity index (χ2v) is 7.92. The van der Waals surface area contributed by atoms with Crippen LogP contribution in [0.15, 0.2) is 71.8 Å². The van der Waals surface area contributed by atoms with E-state index in [4.69, 9.17) is 32.7 Å². The van der Waals surface area contributed by atoms with E-state index in [-0.39, 0.29) is 24.8 Å². The van der Waals surface area contributed by atoms with E-state index in [1.165, 1.54) is 6.21 Å². The van der Waals surface area contributed by atoms with Crippen LogP contribution in [0, 0.1) is 0 Å². The number of hydrogen-bond acceptors (Lipinski definition) is 5. The Balaban J connectivity index is 1.45. The van der Waals surface area contributed by atoms with Crippen LogP contribution in [0.1, 0.15) is 27.9 Å². The number of nitrogens with zero attached hydrogens (tertiary/aromatic N) is 1. The summed E-state index contributed by atoms with van der Waals surface area (Å²) in [7, 11) is 1.56. The summed E-state index contributed by atoms with van der Waals surface area (Å²) >= 11 is 12.0. The maximum atomic E-state index is 12.1. The third kappa shape index (κ3) is 7.50. The lowest BCUT2D eigenvalue weighted by molar-refractivity contribution is -0.120. The number of hydrogen-bond donors (Lipinski definition) is 2. The van der Waals surface area contributed by atoms with Crippen LogP contribution in [0.3, 0.4) is 0 Å². The zero-order valence-electron chi connectivity index (χ0n) is 18.4. The molecule has 2 N–H and O–H groups in total. The fourth-order valence-electron chi connectivity index (χ4n) is 2.87. The third-order valence-corrected chi connectivity index (χ3v) is 5.42.